The molecule has 1 aromatic heterocycles. The Kier molecular flexibility index (Phi) is 3.16. The van der Waals surface area contributed by atoms with Crippen LogP contribution in [-0.2, 0) is 11.3 Å². The first-order chi connectivity index (χ1) is 5.72. The van der Waals surface area contributed by atoms with Crippen molar-refractivity contribution in [2.75, 3.05) is 5.75 Å². The van der Waals surface area contributed by atoms with Crippen molar-refractivity contribution in [2.45, 2.75) is 13.5 Å². The monoisotopic (exact) mass is 186 g/mol. The lowest BCUT2D eigenvalue weighted by Gasteiger charge is -1.97. The molecule has 1 amide bonds. The Morgan fingerprint density at radius 2 is 2.58 bits per heavy atom. The fraction of sp³-hybridized carbons (Fsp3) is 0.429. The van der Waals surface area contributed by atoms with Crippen molar-refractivity contribution in [1.29, 1.82) is 0 Å². The average Bonchev–Trinajstić information content (AvgIpc) is 2.47. The Bertz CT molecular complexity index is 272. The van der Waals surface area contributed by atoms with Gasteiger partial charge in [-0.05, 0) is 6.92 Å². The Morgan fingerprint density at radius 1 is 1.83 bits per heavy atom. The number of nitrogens with one attached hydrogen (secondary N) is 1. The molecule has 0 aliphatic carbocycles. The molecule has 0 saturated carbocycles. The smallest absolute Gasteiger partial charge is 0.230 e. The van der Waals surface area contributed by atoms with E-state index in [1.54, 1.807) is 13.1 Å². The normalized spacial score (nSPS) is 9.83. The second-order valence-corrected chi connectivity index (χ2v) is 2.62. The number of thiol groups is 1. The van der Waals surface area contributed by atoms with Gasteiger partial charge in [0.2, 0.25) is 11.8 Å². The number of carbonyl (C=O) groups is 1. The topological polar surface area (TPSA) is 55.1 Å². The molecule has 0 atom stereocenters. The minimum atomic E-state index is -0.130. The van der Waals surface area contributed by atoms with E-state index in [0.29, 0.717) is 12.4 Å². The largest absolute Gasteiger partial charge is 0.444 e. The zero-order valence-electron chi connectivity index (χ0n) is 6.70. The third-order valence-electron chi connectivity index (χ3n) is 1.25. The third-order valence-corrected chi connectivity index (χ3v) is 1.54. The molecule has 0 aliphatic heterocycles. The zero-order valence-corrected chi connectivity index (χ0v) is 7.60. The molecule has 0 fully saturated rings. The summed E-state index contributed by atoms with van der Waals surface area (Å²) >= 11 is 3.80. The van der Waals surface area contributed by atoms with Crippen molar-refractivity contribution < 1.29 is 9.21 Å². The van der Waals surface area contributed by atoms with Gasteiger partial charge in [-0.15, -0.1) is 0 Å². The molecule has 1 N–H and O–H groups in total. The van der Waals surface area contributed by atoms with Crippen molar-refractivity contribution in [3.63, 3.8) is 0 Å². The van der Waals surface area contributed by atoms with Crippen LogP contribution in [0, 0.1) is 6.92 Å². The second-order valence-electron chi connectivity index (χ2n) is 2.30. The highest BCUT2D eigenvalue weighted by molar-refractivity contribution is 7.81. The van der Waals surface area contributed by atoms with Gasteiger partial charge in [0.1, 0.15) is 5.76 Å². The molecule has 0 saturated heterocycles. The molecular formula is C7H10N2O2S. The minimum Gasteiger partial charge on any atom is -0.444 e. The van der Waals surface area contributed by atoms with Crippen LogP contribution in [0.25, 0.3) is 0 Å². The van der Waals surface area contributed by atoms with Crippen molar-refractivity contribution in [1.82, 2.24) is 10.3 Å². The summed E-state index contributed by atoms with van der Waals surface area (Å²) in [7, 11) is 0. The summed E-state index contributed by atoms with van der Waals surface area (Å²) in [5.41, 5.74) is 0. The van der Waals surface area contributed by atoms with E-state index in [0.717, 1.165) is 5.76 Å². The van der Waals surface area contributed by atoms with Crippen molar-refractivity contribution in [3.8, 4) is 0 Å². The Labute approximate surface area is 75.8 Å². The summed E-state index contributed by atoms with van der Waals surface area (Å²) in [6.07, 6.45) is 1.61. The number of aromatic nitrogens is 1. The van der Waals surface area contributed by atoms with Crippen molar-refractivity contribution >= 4 is 18.5 Å². The van der Waals surface area contributed by atoms with Crippen LogP contribution < -0.4 is 5.32 Å². The van der Waals surface area contributed by atoms with E-state index in [2.05, 4.69) is 22.9 Å². The van der Waals surface area contributed by atoms with E-state index in [9.17, 15) is 4.79 Å². The molecule has 1 rings (SSSR count). The summed E-state index contributed by atoms with van der Waals surface area (Å²) in [6.45, 7) is 2.13. The van der Waals surface area contributed by atoms with E-state index in [-0.39, 0.29) is 11.7 Å². The number of rotatable bonds is 3. The van der Waals surface area contributed by atoms with Gasteiger partial charge in [-0.25, -0.2) is 4.98 Å². The van der Waals surface area contributed by atoms with Gasteiger partial charge in [0.25, 0.3) is 0 Å². The number of aryl methyl sites for hydroxylation is 1. The zero-order chi connectivity index (χ0) is 8.97. The number of carbonyl (C=O) groups excluding carboxylic acids is 1. The summed E-state index contributed by atoms with van der Waals surface area (Å²) < 4.78 is 5.13. The molecule has 1 aromatic rings. The SMILES string of the molecule is Cc1cnc(CNC(=O)CS)o1. The molecule has 4 nitrogen and oxygen atoms in total. The maximum atomic E-state index is 10.7. The van der Waals surface area contributed by atoms with Gasteiger partial charge >= 0.3 is 0 Å². The first kappa shape index (κ1) is 9.12. The maximum Gasteiger partial charge on any atom is 0.230 e. The number of hydrogen-bond donors (Lipinski definition) is 2. The Hall–Kier alpha value is -0.970. The Balaban J connectivity index is 2.38. The highest BCUT2D eigenvalue weighted by Gasteiger charge is 2.01. The summed E-state index contributed by atoms with van der Waals surface area (Å²) in [5.74, 6) is 1.31. The second kappa shape index (κ2) is 4.15. The molecule has 66 valence electrons. The molecule has 12 heavy (non-hydrogen) atoms. The van der Waals surface area contributed by atoms with E-state index in [1.165, 1.54) is 0 Å². The van der Waals surface area contributed by atoms with Crippen molar-refractivity contribution in [3.05, 3.63) is 17.8 Å². The summed E-state index contributed by atoms with van der Waals surface area (Å²) in [6, 6.07) is 0. The Morgan fingerprint density at radius 3 is 3.08 bits per heavy atom. The van der Waals surface area contributed by atoms with Crippen molar-refractivity contribution in [2.24, 2.45) is 0 Å². The average molecular weight is 186 g/mol. The van der Waals surface area contributed by atoms with E-state index in [1.807, 2.05) is 0 Å². The highest BCUT2D eigenvalue weighted by Crippen LogP contribution is 2.00. The van der Waals surface area contributed by atoms with Crippen LogP contribution in [0.5, 0.6) is 0 Å². The number of hydrogen-bond acceptors (Lipinski definition) is 4. The highest BCUT2D eigenvalue weighted by atomic mass is 32.1. The van der Waals surface area contributed by atoms with Crippen LogP contribution in [0.1, 0.15) is 11.7 Å². The van der Waals surface area contributed by atoms with Crippen LogP contribution in [0.4, 0.5) is 0 Å². The van der Waals surface area contributed by atoms with Crippen LogP contribution in [0.2, 0.25) is 0 Å². The lowest BCUT2D eigenvalue weighted by Crippen LogP contribution is -2.23. The van der Waals surface area contributed by atoms with Crippen LogP contribution in [-0.4, -0.2) is 16.6 Å². The predicted molar refractivity (Wildman–Crippen MR) is 46.9 cm³/mol. The summed E-state index contributed by atoms with van der Waals surface area (Å²) in [4.78, 5) is 14.7. The van der Waals surface area contributed by atoms with Crippen LogP contribution in [0.15, 0.2) is 10.6 Å². The molecule has 0 aliphatic rings. The third kappa shape index (κ3) is 2.58. The molecule has 0 radical (unpaired) electrons. The fourth-order valence-corrected chi connectivity index (χ4v) is 0.825. The predicted octanol–water partition coefficient (Wildman–Crippen LogP) is 0.529. The van der Waals surface area contributed by atoms with Crippen LogP contribution >= 0.6 is 12.6 Å². The molecule has 0 bridgehead atoms. The van der Waals surface area contributed by atoms with Gasteiger partial charge in [-0.3, -0.25) is 4.79 Å². The van der Waals surface area contributed by atoms with Gasteiger partial charge in [0, 0.05) is 0 Å². The lowest BCUT2D eigenvalue weighted by molar-refractivity contribution is -0.118. The standard InChI is InChI=1S/C7H10N2O2S/c1-5-2-9-7(11-5)3-8-6(10)4-12/h2,12H,3-4H2,1H3,(H,8,10). The van der Waals surface area contributed by atoms with E-state index in [4.69, 9.17) is 4.42 Å². The maximum absolute atomic E-state index is 10.7. The molecule has 5 heteroatoms. The van der Waals surface area contributed by atoms with E-state index >= 15 is 0 Å². The van der Waals surface area contributed by atoms with Gasteiger partial charge in [0.05, 0.1) is 18.5 Å². The first-order valence-corrected chi connectivity index (χ1v) is 4.14. The van der Waals surface area contributed by atoms with Gasteiger partial charge in [-0.1, -0.05) is 0 Å². The molecule has 0 aromatic carbocycles. The van der Waals surface area contributed by atoms with Gasteiger partial charge in [-0.2, -0.15) is 12.6 Å². The number of oxazole rings is 1. The minimum absolute atomic E-state index is 0.130. The molecule has 0 spiro atoms. The lowest BCUT2D eigenvalue weighted by atomic mass is 10.6. The molecule has 1 heterocycles. The van der Waals surface area contributed by atoms with Gasteiger partial charge in [0.15, 0.2) is 0 Å². The van der Waals surface area contributed by atoms with E-state index < -0.39 is 0 Å². The molecule has 0 unspecified atom stereocenters. The summed E-state index contributed by atoms with van der Waals surface area (Å²) in [5, 5.41) is 2.59. The first-order valence-electron chi connectivity index (χ1n) is 3.51. The van der Waals surface area contributed by atoms with Crippen LogP contribution in [0.3, 0.4) is 0 Å². The number of nitrogens with zero attached hydrogens (tertiary/aromatic N) is 1. The quantitative estimate of drug-likeness (QED) is 0.677. The fourth-order valence-electron chi connectivity index (χ4n) is 0.713. The van der Waals surface area contributed by atoms with Gasteiger partial charge < -0.3 is 9.73 Å². The molecular weight excluding hydrogens is 176 g/mol. The number of amides is 1.